The van der Waals surface area contributed by atoms with E-state index < -0.39 is 69.6 Å². The number of carbonyl (C=O) groups is 3. The number of hydrogen-bond acceptors (Lipinski definition) is 9. The fourth-order valence-electron chi connectivity index (χ4n) is 5.28. The van der Waals surface area contributed by atoms with E-state index in [4.69, 9.17) is 23.1 Å². The van der Waals surface area contributed by atoms with Crippen LogP contribution in [0.5, 0.6) is 5.75 Å². The van der Waals surface area contributed by atoms with Gasteiger partial charge in [0.15, 0.2) is 11.4 Å². The number of nitrogens with two attached hydrogens (primary N) is 2. The van der Waals surface area contributed by atoms with Crippen molar-refractivity contribution in [2.45, 2.75) is 30.9 Å². The SMILES string of the molecule is NC(=O)C1=C(O)[C@@]2(O)C(=O)C3=C(O)c4c(O)c(N)cc(F)c4C[C@H]3C[C@H]2[C@H](NCCCCl)C1=O. The van der Waals surface area contributed by atoms with Crippen LogP contribution in [0.4, 0.5) is 10.1 Å². The number of Topliss-reactive ketones (excluding diaryl/α,β-unsaturated/α-hetero) is 2. The second-order valence-corrected chi connectivity index (χ2v) is 9.06. The number of aromatic hydroxyl groups is 1. The van der Waals surface area contributed by atoms with Crippen LogP contribution >= 0.6 is 11.6 Å². The zero-order chi connectivity index (χ0) is 25.1. The molecule has 182 valence electrons. The van der Waals surface area contributed by atoms with Gasteiger partial charge < -0.3 is 37.2 Å². The Morgan fingerprint density at radius 3 is 2.59 bits per heavy atom. The van der Waals surface area contributed by atoms with E-state index in [9.17, 15) is 39.2 Å². The Kier molecular flexibility index (Phi) is 5.83. The zero-order valence-electron chi connectivity index (χ0n) is 17.8. The molecule has 1 amide bonds. The van der Waals surface area contributed by atoms with Crippen molar-refractivity contribution in [1.82, 2.24) is 5.32 Å². The topological polar surface area (TPSA) is 196 Å². The smallest absolute Gasteiger partial charge is 0.255 e. The molecule has 34 heavy (non-hydrogen) atoms. The number of amides is 1. The highest BCUT2D eigenvalue weighted by atomic mass is 35.5. The van der Waals surface area contributed by atoms with Gasteiger partial charge in [-0.15, -0.1) is 11.6 Å². The Bertz CT molecular complexity index is 1200. The van der Waals surface area contributed by atoms with Crippen LogP contribution in [0, 0.1) is 17.7 Å². The van der Waals surface area contributed by atoms with E-state index >= 15 is 0 Å². The number of fused-ring (bicyclic) bond motifs is 3. The zero-order valence-corrected chi connectivity index (χ0v) is 18.5. The molecule has 0 spiro atoms. The molecule has 1 saturated carbocycles. The number of phenols is 1. The van der Waals surface area contributed by atoms with Crippen molar-refractivity contribution in [3.8, 4) is 5.75 Å². The largest absolute Gasteiger partial charge is 0.508 e. The summed E-state index contributed by atoms with van der Waals surface area (Å²) in [7, 11) is 0. The first-order valence-corrected chi connectivity index (χ1v) is 11.1. The monoisotopic (exact) mass is 495 g/mol. The lowest BCUT2D eigenvalue weighted by Gasteiger charge is -2.49. The van der Waals surface area contributed by atoms with E-state index in [1.807, 2.05) is 0 Å². The molecule has 3 aliphatic carbocycles. The van der Waals surface area contributed by atoms with Gasteiger partial charge in [0.25, 0.3) is 5.91 Å². The molecule has 1 aromatic rings. The van der Waals surface area contributed by atoms with Crippen LogP contribution in [0.3, 0.4) is 0 Å². The summed E-state index contributed by atoms with van der Waals surface area (Å²) in [5.74, 6) is -8.76. The fourth-order valence-corrected chi connectivity index (χ4v) is 5.41. The molecule has 0 saturated heterocycles. The number of phenolic OH excluding ortho intramolecular Hbond substituents is 1. The first-order chi connectivity index (χ1) is 16.0. The second kappa shape index (κ2) is 8.26. The quantitative estimate of drug-likeness (QED) is 0.0989. The molecule has 1 fully saturated rings. The lowest BCUT2D eigenvalue weighted by Crippen LogP contribution is -2.66. The maximum atomic E-state index is 14.7. The summed E-state index contributed by atoms with van der Waals surface area (Å²) in [6.07, 6.45) is 0.120. The van der Waals surface area contributed by atoms with Gasteiger partial charge in [0, 0.05) is 29.0 Å². The standard InChI is InChI=1S/C22H23ClFN3O7/c23-2-1-3-27-15-9-5-7-4-8-10(24)6-11(25)16(28)13(8)17(29)12(7)19(31)22(9,34)20(32)14(18(15)30)21(26)33/h6-7,9,15,27-29,32,34H,1-5,25H2,(H2,26,33)/t7-,9-,15-,22-/m0/s1. The fraction of sp³-hybridized carbons (Fsp3) is 0.409. The van der Waals surface area contributed by atoms with E-state index in [0.717, 1.165) is 6.07 Å². The summed E-state index contributed by atoms with van der Waals surface area (Å²) in [5, 5.41) is 46.3. The molecular weight excluding hydrogens is 473 g/mol. The van der Waals surface area contributed by atoms with Crippen LogP contribution in [-0.2, 0) is 20.8 Å². The number of rotatable bonds is 5. The lowest BCUT2D eigenvalue weighted by molar-refractivity contribution is -0.150. The molecule has 4 rings (SSSR count). The van der Waals surface area contributed by atoms with Crippen LogP contribution in [-0.4, -0.2) is 62.0 Å². The van der Waals surface area contributed by atoms with Gasteiger partial charge in [-0.1, -0.05) is 0 Å². The number of anilines is 1. The number of aliphatic hydroxyl groups is 3. The number of nitrogens with one attached hydrogen (secondary N) is 1. The number of carbonyl (C=O) groups excluding carboxylic acids is 3. The van der Waals surface area contributed by atoms with Gasteiger partial charge in [-0.3, -0.25) is 14.4 Å². The van der Waals surface area contributed by atoms with Gasteiger partial charge in [0.05, 0.1) is 17.3 Å². The van der Waals surface area contributed by atoms with Crippen molar-refractivity contribution in [3.63, 3.8) is 0 Å². The third-order valence-corrected chi connectivity index (χ3v) is 7.12. The van der Waals surface area contributed by atoms with Crippen molar-refractivity contribution in [2.75, 3.05) is 18.2 Å². The molecular formula is C22H23ClFN3O7. The highest BCUT2D eigenvalue weighted by molar-refractivity contribution is 6.24. The van der Waals surface area contributed by atoms with Gasteiger partial charge in [0.2, 0.25) is 5.78 Å². The highest BCUT2D eigenvalue weighted by Crippen LogP contribution is 2.52. The highest BCUT2D eigenvalue weighted by Gasteiger charge is 2.63. The summed E-state index contributed by atoms with van der Waals surface area (Å²) >= 11 is 5.69. The Labute approximate surface area is 197 Å². The normalized spacial score (nSPS) is 28.5. The number of benzene rings is 1. The molecule has 0 radical (unpaired) electrons. The Balaban J connectivity index is 1.92. The van der Waals surface area contributed by atoms with Gasteiger partial charge >= 0.3 is 0 Å². The van der Waals surface area contributed by atoms with Crippen molar-refractivity contribution >= 4 is 40.5 Å². The van der Waals surface area contributed by atoms with Crippen molar-refractivity contribution in [3.05, 3.63) is 39.9 Å². The van der Waals surface area contributed by atoms with Crippen LogP contribution in [0.2, 0.25) is 0 Å². The lowest BCUT2D eigenvalue weighted by atomic mass is 9.57. The minimum absolute atomic E-state index is 0.0810. The number of alkyl halides is 1. The van der Waals surface area contributed by atoms with Gasteiger partial charge in [0.1, 0.15) is 28.7 Å². The predicted octanol–water partition coefficient (Wildman–Crippen LogP) is 0.342. The average Bonchev–Trinajstić information content (AvgIpc) is 2.76. The molecule has 10 nitrogen and oxygen atoms in total. The molecule has 12 heteroatoms. The van der Waals surface area contributed by atoms with E-state index in [2.05, 4.69) is 5.32 Å². The Morgan fingerprint density at radius 2 is 1.97 bits per heavy atom. The van der Waals surface area contributed by atoms with E-state index in [1.165, 1.54) is 0 Å². The third-order valence-electron chi connectivity index (χ3n) is 6.85. The van der Waals surface area contributed by atoms with E-state index in [1.54, 1.807) is 0 Å². The number of ketones is 2. The average molecular weight is 496 g/mol. The molecule has 4 atom stereocenters. The van der Waals surface area contributed by atoms with Gasteiger partial charge in [-0.2, -0.15) is 0 Å². The minimum Gasteiger partial charge on any atom is -0.508 e. The first kappa shape index (κ1) is 24.0. The maximum absolute atomic E-state index is 14.7. The van der Waals surface area contributed by atoms with Crippen molar-refractivity contribution in [1.29, 1.82) is 0 Å². The second-order valence-electron chi connectivity index (χ2n) is 8.68. The Hall–Kier alpha value is -3.15. The summed E-state index contributed by atoms with van der Waals surface area (Å²) in [6, 6.07) is -0.396. The van der Waals surface area contributed by atoms with Crippen LogP contribution in [0.1, 0.15) is 24.0 Å². The molecule has 0 aliphatic heterocycles. The maximum Gasteiger partial charge on any atom is 0.255 e. The summed E-state index contributed by atoms with van der Waals surface area (Å²) in [5.41, 5.74) is 5.94. The molecule has 0 aromatic heterocycles. The summed E-state index contributed by atoms with van der Waals surface area (Å²) in [6.45, 7) is 0.191. The van der Waals surface area contributed by atoms with E-state index in [-0.39, 0.29) is 47.7 Å². The predicted molar refractivity (Wildman–Crippen MR) is 118 cm³/mol. The summed E-state index contributed by atoms with van der Waals surface area (Å²) < 4.78 is 14.7. The van der Waals surface area contributed by atoms with Crippen LogP contribution < -0.4 is 16.8 Å². The number of primary amides is 1. The third kappa shape index (κ3) is 3.18. The molecule has 3 aliphatic rings. The van der Waals surface area contributed by atoms with Gasteiger partial charge in [-0.25, -0.2) is 4.39 Å². The number of nitrogen functional groups attached to an aromatic ring is 1. The van der Waals surface area contributed by atoms with E-state index in [0.29, 0.717) is 6.42 Å². The number of hydrogen-bond donors (Lipinski definition) is 7. The summed E-state index contributed by atoms with van der Waals surface area (Å²) in [4.78, 5) is 38.6. The van der Waals surface area contributed by atoms with Crippen molar-refractivity contribution < 1.29 is 39.2 Å². The molecule has 0 unspecified atom stereocenters. The van der Waals surface area contributed by atoms with Gasteiger partial charge in [-0.05, 0) is 31.7 Å². The van der Waals surface area contributed by atoms with Crippen LogP contribution in [0.15, 0.2) is 23.0 Å². The molecule has 0 bridgehead atoms. The number of halogens is 2. The Morgan fingerprint density at radius 1 is 1.29 bits per heavy atom. The molecule has 1 aromatic carbocycles. The molecule has 9 N–H and O–H groups in total. The van der Waals surface area contributed by atoms with Crippen molar-refractivity contribution in [2.24, 2.45) is 17.6 Å². The molecule has 0 heterocycles. The minimum atomic E-state index is -2.78. The van der Waals surface area contributed by atoms with Crippen LogP contribution in [0.25, 0.3) is 5.76 Å². The number of aliphatic hydroxyl groups excluding tert-OH is 2. The first-order valence-electron chi connectivity index (χ1n) is 10.5.